The van der Waals surface area contributed by atoms with E-state index in [-0.39, 0.29) is 28.7 Å². The fourth-order valence-corrected chi connectivity index (χ4v) is 7.46. The van der Waals surface area contributed by atoms with E-state index in [0.29, 0.717) is 10.7 Å². The van der Waals surface area contributed by atoms with Gasteiger partial charge in [-0.15, -0.1) is 0 Å². The highest BCUT2D eigenvalue weighted by Crippen LogP contribution is 2.42. The van der Waals surface area contributed by atoms with Gasteiger partial charge in [-0.25, -0.2) is 8.42 Å². The number of anilines is 1. The lowest BCUT2D eigenvalue weighted by Gasteiger charge is -2.26. The zero-order valence-corrected chi connectivity index (χ0v) is 16.8. The molecule has 0 radical (unpaired) electrons. The van der Waals surface area contributed by atoms with Gasteiger partial charge in [-0.2, -0.15) is 4.99 Å². The van der Waals surface area contributed by atoms with Crippen LogP contribution in [-0.4, -0.2) is 42.3 Å². The first-order chi connectivity index (χ1) is 12.8. The summed E-state index contributed by atoms with van der Waals surface area (Å²) in [5, 5.41) is 0.486. The van der Waals surface area contributed by atoms with E-state index >= 15 is 0 Å². The summed E-state index contributed by atoms with van der Waals surface area (Å²) in [5.74, 6) is -0.0880. The van der Waals surface area contributed by atoms with Crippen LogP contribution in [0.2, 0.25) is 0 Å². The zero-order chi connectivity index (χ0) is 19.2. The van der Waals surface area contributed by atoms with Gasteiger partial charge in [0.1, 0.15) is 0 Å². The van der Waals surface area contributed by atoms with Crippen molar-refractivity contribution in [2.24, 2.45) is 4.99 Å². The van der Waals surface area contributed by atoms with E-state index in [4.69, 9.17) is 0 Å². The van der Waals surface area contributed by atoms with E-state index in [9.17, 15) is 13.2 Å². The number of carbonyl (C=O) groups is 1. The van der Waals surface area contributed by atoms with E-state index in [1.165, 1.54) is 11.8 Å². The Morgan fingerprint density at radius 2 is 1.85 bits per heavy atom. The Labute approximate surface area is 163 Å². The molecule has 27 heavy (non-hydrogen) atoms. The minimum Gasteiger partial charge on any atom is -0.315 e. The fourth-order valence-electron chi connectivity index (χ4n) is 3.56. The summed E-state index contributed by atoms with van der Waals surface area (Å²) >= 11 is 1.40. The quantitative estimate of drug-likeness (QED) is 0.774. The van der Waals surface area contributed by atoms with Gasteiger partial charge in [-0.05, 0) is 43.2 Å². The molecule has 2 fully saturated rings. The van der Waals surface area contributed by atoms with Crippen molar-refractivity contribution in [3.63, 3.8) is 0 Å². The average Bonchev–Trinajstić information content (AvgIpc) is 3.09. The molecule has 2 saturated heterocycles. The standard InChI is InChI=1S/C20H20N2O3S2/c1-13-8-9-14(2)16(10-13)22-17-11-27(24,25)12-18(17)26-20(22)21-19(23)15-6-4-3-5-7-15/h3-10,17-18H,11-12H2,1-2H3/t17-,18-/m0/s1. The van der Waals surface area contributed by atoms with Crippen LogP contribution in [0.3, 0.4) is 0 Å². The van der Waals surface area contributed by atoms with Gasteiger partial charge < -0.3 is 4.90 Å². The van der Waals surface area contributed by atoms with E-state index < -0.39 is 9.84 Å². The van der Waals surface area contributed by atoms with Gasteiger partial charge in [0.25, 0.3) is 5.91 Å². The molecule has 2 aromatic carbocycles. The number of aryl methyl sites for hydroxylation is 2. The van der Waals surface area contributed by atoms with Crippen molar-refractivity contribution in [2.75, 3.05) is 16.4 Å². The molecular weight excluding hydrogens is 380 g/mol. The smallest absolute Gasteiger partial charge is 0.279 e. The Morgan fingerprint density at radius 1 is 1.11 bits per heavy atom. The van der Waals surface area contributed by atoms with Crippen molar-refractivity contribution >= 4 is 38.4 Å². The number of hydrogen-bond donors (Lipinski definition) is 0. The maximum atomic E-state index is 12.6. The number of aliphatic imine (C=N–C) groups is 1. The van der Waals surface area contributed by atoms with E-state index in [1.807, 2.05) is 43.0 Å². The molecule has 0 N–H and O–H groups in total. The summed E-state index contributed by atoms with van der Waals surface area (Å²) < 4.78 is 24.4. The lowest BCUT2D eigenvalue weighted by Crippen LogP contribution is -2.38. The van der Waals surface area contributed by atoms with Gasteiger partial charge >= 0.3 is 0 Å². The second-order valence-corrected chi connectivity index (χ2v) is 10.4. The van der Waals surface area contributed by atoms with Crippen LogP contribution in [-0.2, 0) is 9.84 Å². The van der Waals surface area contributed by atoms with Crippen LogP contribution in [0.15, 0.2) is 53.5 Å². The first-order valence-corrected chi connectivity index (χ1v) is 11.5. The second-order valence-electron chi connectivity index (χ2n) is 7.03. The summed E-state index contributed by atoms with van der Waals surface area (Å²) in [5.41, 5.74) is 3.56. The molecule has 0 unspecified atom stereocenters. The third-order valence-corrected chi connectivity index (χ3v) is 8.12. The molecule has 0 aromatic heterocycles. The maximum absolute atomic E-state index is 12.6. The molecule has 140 valence electrons. The normalized spacial score (nSPS) is 25.0. The topological polar surface area (TPSA) is 66.8 Å². The summed E-state index contributed by atoms with van der Waals surface area (Å²) in [6.45, 7) is 3.99. The first-order valence-electron chi connectivity index (χ1n) is 8.76. The molecule has 0 bridgehead atoms. The number of sulfone groups is 1. The molecule has 2 heterocycles. The fraction of sp³-hybridized carbons (Fsp3) is 0.300. The van der Waals surface area contributed by atoms with Crippen LogP contribution in [0.25, 0.3) is 0 Å². The van der Waals surface area contributed by atoms with Gasteiger partial charge in [-0.1, -0.05) is 42.1 Å². The van der Waals surface area contributed by atoms with Crippen LogP contribution >= 0.6 is 11.8 Å². The van der Waals surface area contributed by atoms with Crippen molar-refractivity contribution in [1.82, 2.24) is 0 Å². The number of fused-ring (bicyclic) bond motifs is 1. The van der Waals surface area contributed by atoms with Crippen molar-refractivity contribution < 1.29 is 13.2 Å². The molecule has 2 atom stereocenters. The number of hydrogen-bond acceptors (Lipinski definition) is 4. The average molecular weight is 401 g/mol. The SMILES string of the molecule is Cc1ccc(C)c(N2C(=NC(=O)c3ccccc3)S[C@H]3CS(=O)(=O)C[C@@H]32)c1. The highest BCUT2D eigenvalue weighted by Gasteiger charge is 2.49. The molecule has 2 aromatic rings. The van der Waals surface area contributed by atoms with Crippen LogP contribution in [0, 0.1) is 13.8 Å². The maximum Gasteiger partial charge on any atom is 0.279 e. The number of benzene rings is 2. The van der Waals surface area contributed by atoms with Crippen molar-refractivity contribution in [3.8, 4) is 0 Å². The molecule has 4 rings (SSSR count). The Morgan fingerprint density at radius 3 is 2.59 bits per heavy atom. The van der Waals surface area contributed by atoms with E-state index in [2.05, 4.69) is 4.99 Å². The van der Waals surface area contributed by atoms with Gasteiger partial charge in [0.2, 0.25) is 0 Å². The Hall–Kier alpha value is -2.12. The zero-order valence-electron chi connectivity index (χ0n) is 15.1. The number of nitrogens with zero attached hydrogens (tertiary/aromatic N) is 2. The molecule has 5 nitrogen and oxygen atoms in total. The third-order valence-electron chi connectivity index (χ3n) is 4.91. The van der Waals surface area contributed by atoms with Gasteiger partial charge in [0, 0.05) is 16.5 Å². The Kier molecular flexibility index (Phi) is 4.60. The molecule has 0 aliphatic carbocycles. The van der Waals surface area contributed by atoms with E-state index in [1.54, 1.807) is 24.3 Å². The van der Waals surface area contributed by atoms with Crippen LogP contribution in [0.1, 0.15) is 21.5 Å². The summed E-state index contributed by atoms with van der Waals surface area (Å²) in [6.07, 6.45) is 0. The third kappa shape index (κ3) is 3.53. The van der Waals surface area contributed by atoms with Crippen LogP contribution in [0.4, 0.5) is 5.69 Å². The highest BCUT2D eigenvalue weighted by atomic mass is 32.2. The molecule has 7 heteroatoms. The number of amidine groups is 1. The molecule has 1 amide bonds. The summed E-state index contributed by atoms with van der Waals surface area (Å²) in [4.78, 5) is 19.0. The molecular formula is C20H20N2O3S2. The van der Waals surface area contributed by atoms with Crippen molar-refractivity contribution in [3.05, 3.63) is 65.2 Å². The highest BCUT2D eigenvalue weighted by molar-refractivity contribution is 8.16. The second kappa shape index (κ2) is 6.80. The number of rotatable bonds is 2. The lowest BCUT2D eigenvalue weighted by molar-refractivity contribution is 0.100. The monoisotopic (exact) mass is 400 g/mol. The lowest BCUT2D eigenvalue weighted by atomic mass is 10.1. The minimum atomic E-state index is -3.08. The summed E-state index contributed by atoms with van der Waals surface area (Å²) in [6, 6.07) is 14.8. The first kappa shape index (κ1) is 18.3. The molecule has 2 aliphatic rings. The van der Waals surface area contributed by atoms with Crippen molar-refractivity contribution in [1.29, 1.82) is 0 Å². The Bertz CT molecular complexity index is 1030. The number of amides is 1. The largest absolute Gasteiger partial charge is 0.315 e. The van der Waals surface area contributed by atoms with Gasteiger partial charge in [0.05, 0.1) is 17.5 Å². The number of carbonyl (C=O) groups excluding carboxylic acids is 1. The van der Waals surface area contributed by atoms with Crippen molar-refractivity contribution in [2.45, 2.75) is 25.1 Å². The molecule has 0 spiro atoms. The minimum absolute atomic E-state index is 0.0938. The summed E-state index contributed by atoms with van der Waals surface area (Å²) in [7, 11) is -3.08. The predicted molar refractivity (Wildman–Crippen MR) is 110 cm³/mol. The van der Waals surface area contributed by atoms with Gasteiger partial charge in [-0.3, -0.25) is 4.79 Å². The van der Waals surface area contributed by atoms with Gasteiger partial charge in [0.15, 0.2) is 15.0 Å². The van der Waals surface area contributed by atoms with Crippen LogP contribution < -0.4 is 4.90 Å². The predicted octanol–water partition coefficient (Wildman–Crippen LogP) is 3.22. The Balaban J connectivity index is 1.78. The molecule has 0 saturated carbocycles. The number of thioether (sulfide) groups is 1. The van der Waals surface area contributed by atoms with E-state index in [0.717, 1.165) is 16.8 Å². The van der Waals surface area contributed by atoms with Crippen LogP contribution in [0.5, 0.6) is 0 Å². The molecule has 2 aliphatic heterocycles.